The summed E-state index contributed by atoms with van der Waals surface area (Å²) in [6, 6.07) is 7.82. The topological polar surface area (TPSA) is 52.3 Å². The summed E-state index contributed by atoms with van der Waals surface area (Å²) in [5, 5.41) is 1.98. The van der Waals surface area contributed by atoms with Gasteiger partial charge in [-0.1, -0.05) is 19.1 Å². The van der Waals surface area contributed by atoms with Crippen LogP contribution < -0.4 is 4.74 Å². The Balaban J connectivity index is 1.56. The number of oxazole rings is 1. The van der Waals surface area contributed by atoms with E-state index < -0.39 is 0 Å². The number of aromatic nitrogens is 1. The second-order valence-corrected chi connectivity index (χ2v) is 7.06. The Morgan fingerprint density at radius 1 is 1.38 bits per heavy atom. The van der Waals surface area contributed by atoms with Crippen LogP contribution in [0.2, 0.25) is 0 Å². The molecule has 3 aromatic rings. The van der Waals surface area contributed by atoms with Crippen molar-refractivity contribution in [2.24, 2.45) is 0 Å². The number of Topliss-reactive ketones (excluding diaryl/α,β-unsaturated/α-hetero) is 1. The highest BCUT2D eigenvalue weighted by Gasteiger charge is 2.31. The second kappa shape index (κ2) is 5.91. The van der Waals surface area contributed by atoms with Crippen LogP contribution in [0.5, 0.6) is 5.75 Å². The SMILES string of the molecule is Cc1ccc(OCc2coc(-c3cccs3)n2)c2c1C(C)CC2=O. The molecule has 0 amide bonds. The summed E-state index contributed by atoms with van der Waals surface area (Å²) < 4.78 is 11.4. The number of aryl methyl sites for hydroxylation is 1. The van der Waals surface area contributed by atoms with Crippen molar-refractivity contribution in [2.45, 2.75) is 32.8 Å². The molecule has 1 aromatic carbocycles. The number of hydrogen-bond acceptors (Lipinski definition) is 5. The average molecular weight is 339 g/mol. The normalized spacial score (nSPS) is 16.4. The van der Waals surface area contributed by atoms with Crippen LogP contribution in [0.3, 0.4) is 0 Å². The lowest BCUT2D eigenvalue weighted by molar-refractivity contribution is 0.0986. The molecule has 0 fully saturated rings. The molecule has 0 saturated heterocycles. The van der Waals surface area contributed by atoms with Gasteiger partial charge in [0.2, 0.25) is 5.89 Å². The molecule has 5 heteroatoms. The maximum atomic E-state index is 12.3. The third-order valence-electron chi connectivity index (χ3n) is 4.35. The smallest absolute Gasteiger partial charge is 0.236 e. The molecule has 0 saturated carbocycles. The molecule has 2 heterocycles. The maximum Gasteiger partial charge on any atom is 0.236 e. The van der Waals surface area contributed by atoms with E-state index in [0.29, 0.717) is 23.8 Å². The van der Waals surface area contributed by atoms with Gasteiger partial charge in [0.1, 0.15) is 24.3 Å². The molecule has 0 N–H and O–H groups in total. The fraction of sp³-hybridized carbons (Fsp3) is 0.263. The summed E-state index contributed by atoms with van der Waals surface area (Å²) in [5.74, 6) is 1.66. The van der Waals surface area contributed by atoms with Crippen LogP contribution >= 0.6 is 11.3 Å². The van der Waals surface area contributed by atoms with E-state index in [-0.39, 0.29) is 18.3 Å². The number of fused-ring (bicyclic) bond motifs is 1. The number of thiophene rings is 1. The van der Waals surface area contributed by atoms with E-state index in [4.69, 9.17) is 9.15 Å². The molecule has 1 aliphatic rings. The Kier molecular flexibility index (Phi) is 3.73. The lowest BCUT2D eigenvalue weighted by atomic mass is 9.97. The van der Waals surface area contributed by atoms with E-state index in [2.05, 4.69) is 11.9 Å². The highest BCUT2D eigenvalue weighted by Crippen LogP contribution is 2.40. The summed E-state index contributed by atoms with van der Waals surface area (Å²) >= 11 is 1.58. The van der Waals surface area contributed by atoms with Crippen molar-refractivity contribution in [3.8, 4) is 16.5 Å². The largest absolute Gasteiger partial charge is 0.486 e. The molecule has 24 heavy (non-hydrogen) atoms. The predicted molar refractivity (Wildman–Crippen MR) is 92.7 cm³/mol. The van der Waals surface area contributed by atoms with Gasteiger partial charge in [0, 0.05) is 6.42 Å². The Bertz CT molecular complexity index is 895. The molecule has 2 aromatic heterocycles. The maximum absolute atomic E-state index is 12.3. The first kappa shape index (κ1) is 15.1. The molecule has 0 spiro atoms. The van der Waals surface area contributed by atoms with Crippen molar-refractivity contribution in [3.05, 3.63) is 58.3 Å². The van der Waals surface area contributed by atoms with E-state index in [0.717, 1.165) is 21.6 Å². The minimum atomic E-state index is 0.163. The van der Waals surface area contributed by atoms with Crippen molar-refractivity contribution in [2.75, 3.05) is 0 Å². The lowest BCUT2D eigenvalue weighted by Crippen LogP contribution is -2.02. The fourth-order valence-corrected chi connectivity index (χ4v) is 3.92. The zero-order valence-corrected chi connectivity index (χ0v) is 14.4. The first-order valence-electron chi connectivity index (χ1n) is 7.91. The molecule has 122 valence electrons. The summed E-state index contributed by atoms with van der Waals surface area (Å²) in [7, 11) is 0. The molecule has 1 atom stereocenters. The van der Waals surface area contributed by atoms with Gasteiger partial charge < -0.3 is 9.15 Å². The summed E-state index contributed by atoms with van der Waals surface area (Å²) in [6.07, 6.45) is 2.16. The van der Waals surface area contributed by atoms with Crippen LogP contribution in [0, 0.1) is 6.92 Å². The van der Waals surface area contributed by atoms with Crippen LogP contribution in [0.4, 0.5) is 0 Å². The molecule has 1 aliphatic carbocycles. The van der Waals surface area contributed by atoms with Gasteiger partial charge in [0.05, 0.1) is 10.4 Å². The zero-order chi connectivity index (χ0) is 16.7. The third-order valence-corrected chi connectivity index (χ3v) is 5.21. The average Bonchev–Trinajstić information content (AvgIpc) is 3.28. The van der Waals surface area contributed by atoms with Gasteiger partial charge >= 0.3 is 0 Å². The van der Waals surface area contributed by atoms with Crippen LogP contribution in [-0.2, 0) is 6.61 Å². The molecular weight excluding hydrogens is 322 g/mol. The van der Waals surface area contributed by atoms with Gasteiger partial charge in [-0.2, -0.15) is 0 Å². The Labute approximate surface area is 144 Å². The third kappa shape index (κ3) is 2.55. The van der Waals surface area contributed by atoms with Crippen LogP contribution in [-0.4, -0.2) is 10.8 Å². The highest BCUT2D eigenvalue weighted by atomic mass is 32.1. The molecule has 4 nitrogen and oxygen atoms in total. The van der Waals surface area contributed by atoms with Crippen LogP contribution in [0.1, 0.15) is 46.4 Å². The monoisotopic (exact) mass is 339 g/mol. The van der Waals surface area contributed by atoms with Gasteiger partial charge in [-0.3, -0.25) is 4.79 Å². The fourth-order valence-electron chi connectivity index (χ4n) is 3.27. The lowest BCUT2D eigenvalue weighted by Gasteiger charge is -2.12. The number of ketones is 1. The van der Waals surface area contributed by atoms with E-state index in [1.807, 2.05) is 36.6 Å². The Hall–Kier alpha value is -2.40. The van der Waals surface area contributed by atoms with Crippen molar-refractivity contribution in [3.63, 3.8) is 0 Å². The van der Waals surface area contributed by atoms with Crippen LogP contribution in [0.15, 0.2) is 40.3 Å². The molecule has 1 unspecified atom stereocenters. The van der Waals surface area contributed by atoms with E-state index in [1.54, 1.807) is 17.6 Å². The van der Waals surface area contributed by atoms with E-state index in [9.17, 15) is 4.79 Å². The summed E-state index contributed by atoms with van der Waals surface area (Å²) in [6.45, 7) is 4.42. The minimum Gasteiger partial charge on any atom is -0.486 e. The first-order chi connectivity index (χ1) is 11.6. The highest BCUT2D eigenvalue weighted by molar-refractivity contribution is 7.13. The minimum absolute atomic E-state index is 0.163. The summed E-state index contributed by atoms with van der Waals surface area (Å²) in [4.78, 5) is 17.7. The van der Waals surface area contributed by atoms with Gasteiger partial charge in [-0.25, -0.2) is 4.98 Å². The summed E-state index contributed by atoms with van der Waals surface area (Å²) in [5.41, 5.74) is 3.73. The molecule has 0 radical (unpaired) electrons. The molecule has 0 aliphatic heterocycles. The van der Waals surface area contributed by atoms with E-state index >= 15 is 0 Å². The van der Waals surface area contributed by atoms with Crippen molar-refractivity contribution in [1.29, 1.82) is 0 Å². The number of ether oxygens (including phenoxy) is 1. The molecular formula is C19H17NO3S. The van der Waals surface area contributed by atoms with Gasteiger partial charge in [0.25, 0.3) is 0 Å². The zero-order valence-electron chi connectivity index (χ0n) is 13.5. The van der Waals surface area contributed by atoms with Crippen molar-refractivity contribution in [1.82, 2.24) is 4.98 Å². The number of carbonyl (C=O) groups is 1. The van der Waals surface area contributed by atoms with Crippen molar-refractivity contribution >= 4 is 17.1 Å². The standard InChI is InChI=1S/C19H17NO3S/c1-11-5-6-15(18-14(21)8-12(2)17(11)18)22-9-13-10-23-19(20-13)16-4-3-7-24-16/h3-7,10,12H,8-9H2,1-2H3. The number of rotatable bonds is 4. The number of carbonyl (C=O) groups excluding carboxylic acids is 1. The Morgan fingerprint density at radius 2 is 2.25 bits per heavy atom. The molecule has 0 bridgehead atoms. The van der Waals surface area contributed by atoms with Crippen molar-refractivity contribution < 1.29 is 13.9 Å². The quantitative estimate of drug-likeness (QED) is 0.672. The van der Waals surface area contributed by atoms with Gasteiger partial charge in [-0.05, 0) is 41.5 Å². The van der Waals surface area contributed by atoms with E-state index in [1.165, 1.54) is 0 Å². The van der Waals surface area contributed by atoms with Crippen LogP contribution in [0.25, 0.3) is 10.8 Å². The van der Waals surface area contributed by atoms with Gasteiger partial charge in [0.15, 0.2) is 5.78 Å². The number of benzene rings is 1. The van der Waals surface area contributed by atoms with Gasteiger partial charge in [-0.15, -0.1) is 11.3 Å². The second-order valence-electron chi connectivity index (χ2n) is 6.11. The first-order valence-corrected chi connectivity index (χ1v) is 8.79. The number of nitrogens with zero attached hydrogens (tertiary/aromatic N) is 1. The molecule has 4 rings (SSSR count). The number of hydrogen-bond donors (Lipinski definition) is 0. The Morgan fingerprint density at radius 3 is 3.04 bits per heavy atom. The predicted octanol–water partition coefficient (Wildman–Crippen LogP) is 4.98.